The van der Waals surface area contributed by atoms with Gasteiger partial charge in [0.05, 0.1) is 47.6 Å². The molecule has 64 heavy (non-hydrogen) atoms. The highest BCUT2D eigenvalue weighted by Crippen LogP contribution is 2.30. The van der Waals surface area contributed by atoms with Crippen molar-refractivity contribution in [2.75, 3.05) is 25.7 Å². The number of carbonyl (C=O) groups excluding carboxylic acids is 3. The molecule has 0 spiro atoms. The van der Waals surface area contributed by atoms with Gasteiger partial charge in [-0.1, -0.05) is 35.4 Å². The molecule has 16 heteroatoms. The average molecular weight is 911 g/mol. The lowest BCUT2D eigenvalue weighted by Gasteiger charge is -2.08. The number of amides is 1. The van der Waals surface area contributed by atoms with Crippen LogP contribution in [0.1, 0.15) is 77.9 Å². The minimum absolute atomic E-state index is 0.0101. The van der Waals surface area contributed by atoms with Crippen LogP contribution in [-0.2, 0) is 56.4 Å². The van der Waals surface area contributed by atoms with Crippen LogP contribution in [0.5, 0.6) is 0 Å². The first kappa shape index (κ1) is 47.4. The first-order valence-electron chi connectivity index (χ1n) is 20.8. The Kier molecular flexibility index (Phi) is 14.3. The van der Waals surface area contributed by atoms with Crippen molar-refractivity contribution in [3.8, 4) is 0 Å². The van der Waals surface area contributed by atoms with E-state index in [1.807, 2.05) is 33.8 Å². The van der Waals surface area contributed by atoms with Gasteiger partial charge in [0.15, 0.2) is 25.9 Å². The molecule has 2 aromatic carbocycles. The number of sulfone groups is 2. The monoisotopic (exact) mass is 910 g/mol. The van der Waals surface area contributed by atoms with Crippen molar-refractivity contribution in [3.05, 3.63) is 132 Å². The molecule has 6 rings (SSSR count). The van der Waals surface area contributed by atoms with E-state index < -0.39 is 43.7 Å². The molecule has 0 bridgehead atoms. The van der Waals surface area contributed by atoms with Gasteiger partial charge in [0.25, 0.3) is 5.91 Å². The quantitative estimate of drug-likeness (QED) is 0.115. The number of aliphatic hydroxyl groups is 1. The summed E-state index contributed by atoms with van der Waals surface area (Å²) in [4.78, 5) is 50.2. The highest BCUT2D eigenvalue weighted by Gasteiger charge is 2.28. The molecule has 0 saturated carbocycles. The standard InChI is InChI=1S/C48H54N4O10S2/c1-27-9-13-33(14-10-27)63(57,58)21-19-36-32(6)47(55)52-43(36)25-40-29(3)35(17-18-45(53)61-7)42(49-40)26-44-38(23-46(54)62-8)31(5)39(50-44)24-41-30(4)37(48(56)51-41)20-22-64(59,60)34-15-11-28(2)12-16-34/h9-16,24-26,47,49-50,55H,17-23H2,1-8H3,(H,51,56)/b40-25?,41-24-,42-26-. The number of nitrogens with one attached hydrogen (secondary N) is 3. The largest absolute Gasteiger partial charge is 0.469 e. The van der Waals surface area contributed by atoms with Crippen LogP contribution < -0.4 is 16.0 Å². The fourth-order valence-corrected chi connectivity index (χ4v) is 10.3. The number of methoxy groups -OCH3 is 2. The van der Waals surface area contributed by atoms with Crippen LogP contribution in [0.2, 0.25) is 0 Å². The first-order valence-corrected chi connectivity index (χ1v) is 24.1. The van der Waals surface area contributed by atoms with Gasteiger partial charge in [-0.3, -0.25) is 14.4 Å². The van der Waals surface area contributed by atoms with Crippen LogP contribution in [0.25, 0.3) is 18.2 Å². The van der Waals surface area contributed by atoms with Gasteiger partial charge in [-0.15, -0.1) is 0 Å². The van der Waals surface area contributed by atoms with Crippen LogP contribution in [-0.4, -0.2) is 87.4 Å². The number of aliphatic hydroxyl groups excluding tert-OH is 1. The van der Waals surface area contributed by atoms with E-state index in [0.717, 1.165) is 22.3 Å². The summed E-state index contributed by atoms with van der Waals surface area (Å²) in [7, 11) is -4.68. The number of ether oxygens (including phenoxy) is 2. The van der Waals surface area contributed by atoms with Crippen molar-refractivity contribution in [3.63, 3.8) is 0 Å². The van der Waals surface area contributed by atoms with Gasteiger partial charge in [0.2, 0.25) is 0 Å². The van der Waals surface area contributed by atoms with Crippen LogP contribution in [0.4, 0.5) is 0 Å². The molecule has 2 aliphatic heterocycles. The molecule has 4 N–H and O–H groups in total. The van der Waals surface area contributed by atoms with Crippen LogP contribution in [0.15, 0.2) is 91.3 Å². The third-order valence-corrected chi connectivity index (χ3v) is 15.4. The molecule has 2 aliphatic rings. The minimum atomic E-state index is -3.65. The van der Waals surface area contributed by atoms with Crippen LogP contribution in [0, 0.1) is 27.7 Å². The number of aromatic amines is 2. The Labute approximate surface area is 373 Å². The summed E-state index contributed by atoms with van der Waals surface area (Å²) in [6.45, 7) is 10.9. The Balaban J connectivity index is 1.39. The van der Waals surface area contributed by atoms with Gasteiger partial charge in [0.1, 0.15) is 0 Å². The molecule has 1 unspecified atom stereocenters. The third-order valence-electron chi connectivity index (χ3n) is 11.9. The summed E-state index contributed by atoms with van der Waals surface area (Å²) in [5, 5.41) is 14.9. The lowest BCUT2D eigenvalue weighted by Crippen LogP contribution is -2.18. The normalized spacial score (nSPS) is 16.9. The van der Waals surface area contributed by atoms with Gasteiger partial charge in [-0.05, 0) is 142 Å². The molecule has 0 fully saturated rings. The molecule has 0 radical (unpaired) electrons. The van der Waals surface area contributed by atoms with Crippen molar-refractivity contribution in [1.29, 1.82) is 0 Å². The molecule has 1 atom stereocenters. The van der Waals surface area contributed by atoms with E-state index in [1.165, 1.54) is 14.2 Å². The van der Waals surface area contributed by atoms with Gasteiger partial charge < -0.3 is 29.9 Å². The van der Waals surface area contributed by atoms with Crippen LogP contribution >= 0.6 is 0 Å². The lowest BCUT2D eigenvalue weighted by molar-refractivity contribution is -0.141. The molecule has 4 aromatic rings. The smallest absolute Gasteiger partial charge is 0.310 e. The highest BCUT2D eigenvalue weighted by molar-refractivity contribution is 7.91. The summed E-state index contributed by atoms with van der Waals surface area (Å²) in [6.07, 6.45) is 4.55. The molecule has 0 saturated heterocycles. The molecule has 2 aromatic heterocycles. The van der Waals surface area contributed by atoms with E-state index in [9.17, 15) is 36.3 Å². The summed E-state index contributed by atoms with van der Waals surface area (Å²) < 4.78 is 62.9. The summed E-state index contributed by atoms with van der Waals surface area (Å²) in [6, 6.07) is 13.3. The second-order valence-electron chi connectivity index (χ2n) is 16.2. The molecule has 338 valence electrons. The number of carbonyl (C=O) groups is 3. The van der Waals surface area contributed by atoms with Crippen molar-refractivity contribution in [2.24, 2.45) is 4.99 Å². The van der Waals surface area contributed by atoms with Gasteiger partial charge in [0, 0.05) is 39.8 Å². The number of allylic oxidation sites excluding steroid dienone is 2. The van der Waals surface area contributed by atoms with E-state index in [0.29, 0.717) is 66.9 Å². The number of aromatic nitrogens is 2. The summed E-state index contributed by atoms with van der Waals surface area (Å²) in [5.74, 6) is -1.74. The van der Waals surface area contributed by atoms with E-state index in [-0.39, 0.29) is 53.4 Å². The molecule has 14 nitrogen and oxygen atoms in total. The van der Waals surface area contributed by atoms with Gasteiger partial charge in [-0.25, -0.2) is 21.8 Å². The number of H-pyrrole nitrogens is 2. The van der Waals surface area contributed by atoms with E-state index in [2.05, 4.69) is 20.3 Å². The van der Waals surface area contributed by atoms with Crippen molar-refractivity contribution in [1.82, 2.24) is 15.3 Å². The SMILES string of the molecule is COC(=O)CCc1c(C)c(=CC2=NC(O)C(C)=C2CCS(=O)(=O)c2ccc(C)cc2)[nH]/c1=C\c1[nH]c(/C=C2\NC(=O)C(CCS(=O)(=O)c3ccc(C)cc3)=C2C)c(C)c1CC(=O)OC. The Hall–Kier alpha value is -6.10. The number of aliphatic imine (C=N–C) groups is 1. The topological polar surface area (TPSA) is 214 Å². The van der Waals surface area contributed by atoms with Crippen molar-refractivity contribution in [2.45, 2.75) is 89.7 Å². The summed E-state index contributed by atoms with van der Waals surface area (Å²) in [5.41, 5.74) is 8.87. The number of nitrogens with zero attached hydrogens (tertiary/aromatic N) is 1. The Morgan fingerprint density at radius 2 is 1.25 bits per heavy atom. The molecular formula is C48H54N4O10S2. The predicted octanol–water partition coefficient (Wildman–Crippen LogP) is 4.61. The maximum Gasteiger partial charge on any atom is 0.310 e. The zero-order chi connectivity index (χ0) is 46.7. The maximum absolute atomic E-state index is 13.3. The fraction of sp³-hybridized carbons (Fsp3) is 0.333. The van der Waals surface area contributed by atoms with Crippen molar-refractivity contribution < 1.29 is 45.8 Å². The summed E-state index contributed by atoms with van der Waals surface area (Å²) >= 11 is 0. The lowest BCUT2D eigenvalue weighted by atomic mass is 10.0. The number of aryl methyl sites for hydroxylation is 2. The first-order chi connectivity index (χ1) is 30.2. The molecule has 1 amide bonds. The Morgan fingerprint density at radius 1 is 0.688 bits per heavy atom. The minimum Gasteiger partial charge on any atom is -0.469 e. The number of hydrogen-bond acceptors (Lipinski definition) is 11. The second kappa shape index (κ2) is 19.3. The molecule has 4 heterocycles. The Bertz CT molecular complexity index is 3000. The fourth-order valence-electron chi connectivity index (χ4n) is 7.80. The van der Waals surface area contributed by atoms with Gasteiger partial charge >= 0.3 is 11.9 Å². The van der Waals surface area contributed by atoms with E-state index in [1.54, 1.807) is 74.5 Å². The number of benzene rings is 2. The molecule has 0 aliphatic carbocycles. The molecular weight excluding hydrogens is 857 g/mol. The zero-order valence-corrected chi connectivity index (χ0v) is 38.9. The number of rotatable bonds is 16. The van der Waals surface area contributed by atoms with Crippen molar-refractivity contribution >= 4 is 61.5 Å². The van der Waals surface area contributed by atoms with Gasteiger partial charge in [-0.2, -0.15) is 0 Å². The number of hydrogen-bond donors (Lipinski definition) is 4. The third kappa shape index (κ3) is 10.5. The Morgan fingerprint density at radius 3 is 1.81 bits per heavy atom. The van der Waals surface area contributed by atoms with E-state index in [4.69, 9.17) is 9.47 Å². The zero-order valence-electron chi connectivity index (χ0n) is 37.3. The average Bonchev–Trinajstić information content (AvgIpc) is 3.90. The maximum atomic E-state index is 13.3. The highest BCUT2D eigenvalue weighted by atomic mass is 32.2. The van der Waals surface area contributed by atoms with Crippen LogP contribution in [0.3, 0.4) is 0 Å². The second-order valence-corrected chi connectivity index (χ2v) is 20.4. The number of esters is 2. The van der Waals surface area contributed by atoms with E-state index >= 15 is 0 Å². The predicted molar refractivity (Wildman–Crippen MR) is 245 cm³/mol.